The first-order valence-corrected chi connectivity index (χ1v) is 7.21. The molecule has 0 saturated heterocycles. The van der Waals surface area contributed by atoms with Gasteiger partial charge in [0.2, 0.25) is 0 Å². The van der Waals surface area contributed by atoms with Crippen LogP contribution in [0, 0.1) is 26.7 Å². The zero-order valence-corrected chi connectivity index (χ0v) is 13.3. The Kier molecular flexibility index (Phi) is 4.80. The van der Waals surface area contributed by atoms with Gasteiger partial charge in [-0.2, -0.15) is 0 Å². The molecule has 2 aromatic heterocycles. The van der Waals surface area contributed by atoms with Gasteiger partial charge in [0.15, 0.2) is 0 Å². The number of nitrogens with zero attached hydrogens (tertiary/aromatic N) is 3. The van der Waals surface area contributed by atoms with Crippen molar-refractivity contribution in [2.24, 2.45) is 5.92 Å². The molecule has 1 atom stereocenters. The monoisotopic (exact) mass is 303 g/mol. The molecular formula is C16H21N3O3. The van der Waals surface area contributed by atoms with E-state index in [-0.39, 0.29) is 0 Å². The Morgan fingerprint density at radius 2 is 2.14 bits per heavy atom. The molecule has 118 valence electrons. The van der Waals surface area contributed by atoms with Gasteiger partial charge in [0, 0.05) is 24.8 Å². The third-order valence-electron chi connectivity index (χ3n) is 3.73. The van der Waals surface area contributed by atoms with E-state index in [0.717, 1.165) is 28.4 Å². The maximum absolute atomic E-state index is 11.2. The van der Waals surface area contributed by atoms with Gasteiger partial charge in [0.1, 0.15) is 11.6 Å². The lowest BCUT2D eigenvalue weighted by atomic mass is 10.1. The second-order valence-corrected chi connectivity index (χ2v) is 5.57. The summed E-state index contributed by atoms with van der Waals surface area (Å²) in [7, 11) is 0. The highest BCUT2D eigenvalue weighted by Gasteiger charge is 2.21. The zero-order chi connectivity index (χ0) is 16.3. The van der Waals surface area contributed by atoms with Crippen molar-refractivity contribution < 1.29 is 14.4 Å². The van der Waals surface area contributed by atoms with Crippen molar-refractivity contribution in [1.82, 2.24) is 10.1 Å². The molecule has 0 saturated carbocycles. The first kappa shape index (κ1) is 16.0. The molecule has 0 fully saturated rings. The molecule has 0 bridgehead atoms. The van der Waals surface area contributed by atoms with Crippen LogP contribution >= 0.6 is 0 Å². The van der Waals surface area contributed by atoms with Crippen LogP contribution < -0.4 is 4.90 Å². The molecule has 0 aromatic carbocycles. The number of carboxylic acids is 1. The summed E-state index contributed by atoms with van der Waals surface area (Å²) in [6, 6.07) is 3.83. The first-order chi connectivity index (χ1) is 10.4. The van der Waals surface area contributed by atoms with Crippen LogP contribution in [0.3, 0.4) is 0 Å². The maximum atomic E-state index is 11.2. The lowest BCUT2D eigenvalue weighted by Gasteiger charge is -2.26. The van der Waals surface area contributed by atoms with Crippen LogP contribution in [-0.2, 0) is 11.3 Å². The van der Waals surface area contributed by atoms with Crippen LogP contribution in [0.1, 0.15) is 29.5 Å². The molecule has 2 rings (SSSR count). The molecule has 1 N–H and O–H groups in total. The number of aromatic nitrogens is 2. The number of pyridine rings is 1. The van der Waals surface area contributed by atoms with Gasteiger partial charge in [-0.3, -0.25) is 4.79 Å². The van der Waals surface area contributed by atoms with Crippen LogP contribution in [-0.4, -0.2) is 27.8 Å². The molecule has 2 aromatic rings. The van der Waals surface area contributed by atoms with E-state index in [1.165, 1.54) is 0 Å². The Bertz CT molecular complexity index is 647. The predicted octanol–water partition coefficient (Wildman–Crippen LogP) is 2.72. The highest BCUT2D eigenvalue weighted by Crippen LogP contribution is 2.23. The second-order valence-electron chi connectivity index (χ2n) is 5.57. The van der Waals surface area contributed by atoms with E-state index in [9.17, 15) is 9.90 Å². The highest BCUT2D eigenvalue weighted by molar-refractivity contribution is 5.70. The largest absolute Gasteiger partial charge is 0.481 e. The molecule has 22 heavy (non-hydrogen) atoms. The van der Waals surface area contributed by atoms with E-state index in [1.807, 2.05) is 37.8 Å². The second kappa shape index (κ2) is 6.60. The van der Waals surface area contributed by atoms with E-state index < -0.39 is 11.9 Å². The van der Waals surface area contributed by atoms with Crippen LogP contribution in [0.4, 0.5) is 5.82 Å². The lowest BCUT2D eigenvalue weighted by Crippen LogP contribution is -2.32. The van der Waals surface area contributed by atoms with E-state index in [2.05, 4.69) is 10.1 Å². The smallest absolute Gasteiger partial charge is 0.308 e. The minimum absolute atomic E-state index is 0.372. The molecule has 0 aliphatic heterocycles. The molecule has 1 unspecified atom stereocenters. The molecule has 0 radical (unpaired) electrons. The number of anilines is 1. The summed E-state index contributed by atoms with van der Waals surface area (Å²) in [5.74, 6) is 0.217. The van der Waals surface area contributed by atoms with Crippen molar-refractivity contribution in [1.29, 1.82) is 0 Å². The van der Waals surface area contributed by atoms with Gasteiger partial charge in [-0.1, -0.05) is 18.1 Å². The number of hydrogen-bond donors (Lipinski definition) is 1. The van der Waals surface area contributed by atoms with E-state index in [4.69, 9.17) is 4.52 Å². The van der Waals surface area contributed by atoms with Crippen molar-refractivity contribution in [3.05, 3.63) is 40.9 Å². The summed E-state index contributed by atoms with van der Waals surface area (Å²) in [6.07, 6.45) is 1.72. The number of aliphatic carboxylic acids is 1. The number of hydrogen-bond acceptors (Lipinski definition) is 5. The van der Waals surface area contributed by atoms with E-state index in [0.29, 0.717) is 13.1 Å². The van der Waals surface area contributed by atoms with Crippen molar-refractivity contribution in [2.45, 2.75) is 34.2 Å². The fourth-order valence-corrected chi connectivity index (χ4v) is 2.36. The summed E-state index contributed by atoms with van der Waals surface area (Å²) >= 11 is 0. The summed E-state index contributed by atoms with van der Waals surface area (Å²) in [5, 5.41) is 13.2. The van der Waals surface area contributed by atoms with Crippen LogP contribution in [0.25, 0.3) is 0 Å². The van der Waals surface area contributed by atoms with Crippen molar-refractivity contribution >= 4 is 11.8 Å². The number of aryl methyl sites for hydroxylation is 3. The van der Waals surface area contributed by atoms with E-state index in [1.54, 1.807) is 13.1 Å². The number of carbonyl (C=O) groups is 1. The van der Waals surface area contributed by atoms with Crippen LogP contribution in [0.15, 0.2) is 22.9 Å². The highest BCUT2D eigenvalue weighted by atomic mass is 16.5. The molecule has 0 spiro atoms. The van der Waals surface area contributed by atoms with Gasteiger partial charge in [-0.15, -0.1) is 0 Å². The molecule has 6 heteroatoms. The Morgan fingerprint density at radius 3 is 2.68 bits per heavy atom. The summed E-state index contributed by atoms with van der Waals surface area (Å²) < 4.78 is 5.20. The third-order valence-corrected chi connectivity index (χ3v) is 3.73. The zero-order valence-electron chi connectivity index (χ0n) is 13.3. The number of rotatable bonds is 6. The third kappa shape index (κ3) is 3.44. The topological polar surface area (TPSA) is 79.5 Å². The lowest BCUT2D eigenvalue weighted by molar-refractivity contribution is -0.140. The van der Waals surface area contributed by atoms with Gasteiger partial charge in [-0.25, -0.2) is 4.98 Å². The standard InChI is InChI=1S/C16H21N3O3/c1-10-6-5-7-17-15(10)19(8-11(2)16(20)21)9-14-12(3)18-22-13(14)4/h5-7,11H,8-9H2,1-4H3,(H,20,21). The summed E-state index contributed by atoms with van der Waals surface area (Å²) in [5.41, 5.74) is 2.80. The maximum Gasteiger partial charge on any atom is 0.308 e. The molecule has 0 aliphatic rings. The normalized spacial score (nSPS) is 12.2. The van der Waals surface area contributed by atoms with Crippen LogP contribution in [0.2, 0.25) is 0 Å². The summed E-state index contributed by atoms with van der Waals surface area (Å²) in [4.78, 5) is 17.6. The summed E-state index contributed by atoms with van der Waals surface area (Å²) in [6.45, 7) is 8.30. The molecule has 0 amide bonds. The average Bonchev–Trinajstić information content (AvgIpc) is 2.78. The van der Waals surface area contributed by atoms with Gasteiger partial charge in [0.25, 0.3) is 0 Å². The van der Waals surface area contributed by atoms with Gasteiger partial charge < -0.3 is 14.5 Å². The first-order valence-electron chi connectivity index (χ1n) is 7.21. The van der Waals surface area contributed by atoms with Gasteiger partial charge >= 0.3 is 5.97 Å². The molecule has 6 nitrogen and oxygen atoms in total. The van der Waals surface area contributed by atoms with Gasteiger partial charge in [-0.05, 0) is 32.4 Å². The molecular weight excluding hydrogens is 282 g/mol. The molecule has 2 heterocycles. The minimum Gasteiger partial charge on any atom is -0.481 e. The SMILES string of the molecule is Cc1cccnc1N(Cc1c(C)noc1C)CC(C)C(=O)O. The van der Waals surface area contributed by atoms with Crippen molar-refractivity contribution in [2.75, 3.05) is 11.4 Å². The fraction of sp³-hybridized carbons (Fsp3) is 0.438. The van der Waals surface area contributed by atoms with Crippen molar-refractivity contribution in [3.8, 4) is 0 Å². The Labute approximate surface area is 129 Å². The fourth-order valence-electron chi connectivity index (χ4n) is 2.36. The molecule has 0 aliphatic carbocycles. The predicted molar refractivity (Wildman–Crippen MR) is 82.8 cm³/mol. The Morgan fingerprint density at radius 1 is 1.41 bits per heavy atom. The van der Waals surface area contributed by atoms with Gasteiger partial charge in [0.05, 0.1) is 11.6 Å². The van der Waals surface area contributed by atoms with Crippen LogP contribution in [0.5, 0.6) is 0 Å². The quantitative estimate of drug-likeness (QED) is 0.884. The number of carboxylic acid groups (broad SMARTS) is 1. The average molecular weight is 303 g/mol. The Balaban J connectivity index is 2.33. The van der Waals surface area contributed by atoms with Crippen molar-refractivity contribution in [3.63, 3.8) is 0 Å². The van der Waals surface area contributed by atoms with E-state index >= 15 is 0 Å². The minimum atomic E-state index is -0.822. The Hall–Kier alpha value is -2.37.